The zero-order chi connectivity index (χ0) is 16.4. The molecule has 0 unspecified atom stereocenters. The highest BCUT2D eigenvalue weighted by atomic mass is 19.1. The second-order valence-corrected chi connectivity index (χ2v) is 5.21. The molecule has 3 rings (SSSR count). The van der Waals surface area contributed by atoms with E-state index in [0.29, 0.717) is 11.3 Å². The first-order chi connectivity index (χ1) is 11.2. The van der Waals surface area contributed by atoms with Crippen LogP contribution in [0.15, 0.2) is 36.7 Å². The minimum Gasteiger partial charge on any atom is -0.392 e. The molecule has 0 aliphatic rings. The number of nitrogens with zero attached hydrogens (tertiary/aromatic N) is 4. The molecule has 2 heterocycles. The van der Waals surface area contributed by atoms with Crippen LogP contribution in [-0.4, -0.2) is 32.8 Å². The normalized spacial score (nSPS) is 11.1. The summed E-state index contributed by atoms with van der Waals surface area (Å²) in [5.74, 6) is 0.496. The lowest BCUT2D eigenvalue weighted by molar-refractivity contribution is 0.284. The van der Waals surface area contributed by atoms with Gasteiger partial charge in [0, 0.05) is 36.6 Å². The number of anilines is 1. The van der Waals surface area contributed by atoms with E-state index < -0.39 is 0 Å². The van der Waals surface area contributed by atoms with Crippen molar-refractivity contribution in [3.63, 3.8) is 0 Å². The van der Waals surface area contributed by atoms with Crippen LogP contribution < -0.4 is 4.90 Å². The molecule has 0 bridgehead atoms. The quantitative estimate of drug-likeness (QED) is 0.787. The molecule has 0 saturated carbocycles. The highest BCUT2D eigenvalue weighted by Gasteiger charge is 2.19. The highest BCUT2D eigenvalue weighted by Crippen LogP contribution is 2.31. The SMILES string of the molecule is CCN(CC)c1nccn2nc(-c3ccc(F)cc3)c(CO)c12. The van der Waals surface area contributed by atoms with Crippen LogP contribution in [-0.2, 0) is 6.61 Å². The third-order valence-corrected chi connectivity index (χ3v) is 3.96. The van der Waals surface area contributed by atoms with Gasteiger partial charge in [-0.05, 0) is 38.1 Å². The predicted octanol–water partition coefficient (Wildman–Crippen LogP) is 2.87. The number of fused-ring (bicyclic) bond motifs is 1. The molecule has 0 aliphatic heterocycles. The number of aromatic nitrogens is 3. The summed E-state index contributed by atoms with van der Waals surface area (Å²) < 4.78 is 14.9. The standard InChI is InChI=1S/C17H19FN4O/c1-3-21(4-2)17-16-14(11-23)15(20-22(16)10-9-19-17)12-5-7-13(18)8-6-12/h5-10,23H,3-4,11H2,1-2H3. The topological polar surface area (TPSA) is 53.7 Å². The van der Waals surface area contributed by atoms with Gasteiger partial charge in [0.05, 0.1) is 12.3 Å². The summed E-state index contributed by atoms with van der Waals surface area (Å²) in [5, 5.41) is 14.5. The summed E-state index contributed by atoms with van der Waals surface area (Å²) in [7, 11) is 0. The Morgan fingerprint density at radius 1 is 1.17 bits per heavy atom. The largest absolute Gasteiger partial charge is 0.392 e. The van der Waals surface area contributed by atoms with E-state index >= 15 is 0 Å². The van der Waals surface area contributed by atoms with Crippen LogP contribution in [0.2, 0.25) is 0 Å². The Morgan fingerprint density at radius 2 is 1.87 bits per heavy atom. The zero-order valence-corrected chi connectivity index (χ0v) is 13.2. The molecule has 0 atom stereocenters. The molecule has 1 aromatic carbocycles. The Balaban J connectivity index is 2.25. The van der Waals surface area contributed by atoms with E-state index in [0.717, 1.165) is 30.0 Å². The molecule has 0 amide bonds. The number of aliphatic hydroxyl groups is 1. The van der Waals surface area contributed by atoms with Crippen molar-refractivity contribution in [2.45, 2.75) is 20.5 Å². The summed E-state index contributed by atoms with van der Waals surface area (Å²) in [4.78, 5) is 6.59. The van der Waals surface area contributed by atoms with Gasteiger partial charge in [0.15, 0.2) is 5.82 Å². The molecule has 6 heteroatoms. The van der Waals surface area contributed by atoms with Crippen LogP contribution in [0.1, 0.15) is 19.4 Å². The van der Waals surface area contributed by atoms with Crippen molar-refractivity contribution in [2.75, 3.05) is 18.0 Å². The predicted molar refractivity (Wildman–Crippen MR) is 87.9 cm³/mol. The molecule has 3 aromatic rings. The lowest BCUT2D eigenvalue weighted by Crippen LogP contribution is -2.23. The van der Waals surface area contributed by atoms with E-state index in [1.165, 1.54) is 12.1 Å². The smallest absolute Gasteiger partial charge is 0.155 e. The molecule has 5 nitrogen and oxygen atoms in total. The van der Waals surface area contributed by atoms with Crippen LogP contribution in [0.5, 0.6) is 0 Å². The first-order valence-corrected chi connectivity index (χ1v) is 7.67. The summed E-state index contributed by atoms with van der Waals surface area (Å²) in [5.41, 5.74) is 2.91. The molecule has 0 spiro atoms. The van der Waals surface area contributed by atoms with E-state index in [9.17, 15) is 9.50 Å². The molecule has 0 radical (unpaired) electrons. The lowest BCUT2D eigenvalue weighted by atomic mass is 10.1. The van der Waals surface area contributed by atoms with Crippen LogP contribution in [0.3, 0.4) is 0 Å². The first-order valence-electron chi connectivity index (χ1n) is 7.67. The van der Waals surface area contributed by atoms with Gasteiger partial charge < -0.3 is 10.0 Å². The molecule has 2 aromatic heterocycles. The van der Waals surface area contributed by atoms with Gasteiger partial charge in [-0.3, -0.25) is 0 Å². The fraction of sp³-hybridized carbons (Fsp3) is 0.294. The van der Waals surface area contributed by atoms with Crippen molar-refractivity contribution in [3.8, 4) is 11.3 Å². The maximum Gasteiger partial charge on any atom is 0.155 e. The second kappa shape index (κ2) is 6.34. The van der Waals surface area contributed by atoms with Crippen molar-refractivity contribution >= 4 is 11.3 Å². The second-order valence-electron chi connectivity index (χ2n) is 5.21. The molecule has 23 heavy (non-hydrogen) atoms. The summed E-state index contributed by atoms with van der Waals surface area (Å²) >= 11 is 0. The average Bonchev–Trinajstić information content (AvgIpc) is 2.96. The van der Waals surface area contributed by atoms with Crippen molar-refractivity contribution in [2.24, 2.45) is 0 Å². The maximum atomic E-state index is 13.2. The van der Waals surface area contributed by atoms with Gasteiger partial charge in [-0.15, -0.1) is 0 Å². The van der Waals surface area contributed by atoms with Crippen molar-refractivity contribution in [3.05, 3.63) is 48.0 Å². The number of halogens is 1. The monoisotopic (exact) mass is 314 g/mol. The number of benzene rings is 1. The number of hydrogen-bond acceptors (Lipinski definition) is 4. The van der Waals surface area contributed by atoms with E-state index in [-0.39, 0.29) is 12.4 Å². The van der Waals surface area contributed by atoms with Gasteiger partial charge in [0.2, 0.25) is 0 Å². The maximum absolute atomic E-state index is 13.2. The van der Waals surface area contributed by atoms with Crippen LogP contribution in [0.25, 0.3) is 16.8 Å². The summed E-state index contributed by atoms with van der Waals surface area (Å²) in [6.07, 6.45) is 3.46. The Labute approximate surface area is 134 Å². The fourth-order valence-corrected chi connectivity index (χ4v) is 2.79. The van der Waals surface area contributed by atoms with Gasteiger partial charge >= 0.3 is 0 Å². The van der Waals surface area contributed by atoms with Crippen molar-refractivity contribution in [1.29, 1.82) is 0 Å². The average molecular weight is 314 g/mol. The molecule has 120 valence electrons. The molecule has 0 fully saturated rings. The number of rotatable bonds is 5. The summed E-state index contributed by atoms with van der Waals surface area (Å²) in [6.45, 7) is 5.58. The fourth-order valence-electron chi connectivity index (χ4n) is 2.79. The molecule has 0 saturated heterocycles. The highest BCUT2D eigenvalue weighted by molar-refractivity contribution is 5.81. The molecular formula is C17H19FN4O. The van der Waals surface area contributed by atoms with Crippen molar-refractivity contribution in [1.82, 2.24) is 14.6 Å². The van der Waals surface area contributed by atoms with Gasteiger partial charge in [0.25, 0.3) is 0 Å². The minimum atomic E-state index is -0.298. The zero-order valence-electron chi connectivity index (χ0n) is 13.2. The van der Waals surface area contributed by atoms with E-state index in [4.69, 9.17) is 0 Å². The van der Waals surface area contributed by atoms with Gasteiger partial charge in [-0.2, -0.15) is 5.10 Å². The third kappa shape index (κ3) is 2.66. The molecular weight excluding hydrogens is 295 g/mol. The minimum absolute atomic E-state index is 0.157. The van der Waals surface area contributed by atoms with Crippen LogP contribution >= 0.6 is 0 Å². The first kappa shape index (κ1) is 15.4. The van der Waals surface area contributed by atoms with E-state index in [2.05, 4.69) is 28.8 Å². The van der Waals surface area contributed by atoms with Crippen LogP contribution in [0.4, 0.5) is 10.2 Å². The Kier molecular flexibility index (Phi) is 4.25. The van der Waals surface area contributed by atoms with Crippen LogP contribution in [0, 0.1) is 5.82 Å². The van der Waals surface area contributed by atoms with Gasteiger partial charge in [-0.1, -0.05) is 0 Å². The molecule has 1 N–H and O–H groups in total. The van der Waals surface area contributed by atoms with Gasteiger partial charge in [0.1, 0.15) is 11.3 Å². The van der Waals surface area contributed by atoms with Gasteiger partial charge in [-0.25, -0.2) is 13.9 Å². The summed E-state index contributed by atoms with van der Waals surface area (Å²) in [6, 6.07) is 6.12. The Hall–Kier alpha value is -2.47. The number of hydrogen-bond donors (Lipinski definition) is 1. The van der Waals surface area contributed by atoms with Crippen molar-refractivity contribution < 1.29 is 9.50 Å². The number of aliphatic hydroxyl groups excluding tert-OH is 1. The molecule has 0 aliphatic carbocycles. The van der Waals surface area contributed by atoms with E-state index in [1.54, 1.807) is 29.0 Å². The third-order valence-electron chi connectivity index (χ3n) is 3.96. The lowest BCUT2D eigenvalue weighted by Gasteiger charge is -2.20. The Bertz CT molecular complexity index is 809. The van der Waals surface area contributed by atoms with E-state index in [1.807, 2.05) is 0 Å². The Morgan fingerprint density at radius 3 is 2.48 bits per heavy atom.